The zero-order valence-corrected chi connectivity index (χ0v) is 13.9. The zero-order valence-electron chi connectivity index (χ0n) is 13.9. The molecule has 24 heavy (non-hydrogen) atoms. The number of pyridine rings is 2. The molecule has 0 unspecified atom stereocenters. The van der Waals surface area contributed by atoms with Gasteiger partial charge in [0, 0.05) is 51.3 Å². The molecule has 1 aliphatic rings. The van der Waals surface area contributed by atoms with Crippen LogP contribution in [0.3, 0.4) is 0 Å². The smallest absolute Gasteiger partial charge is 0.317 e. The second kappa shape index (κ2) is 7.77. The Balaban J connectivity index is 1.47. The first-order chi connectivity index (χ1) is 11.7. The normalized spacial score (nSPS) is 15.1. The molecule has 1 aliphatic heterocycles. The summed E-state index contributed by atoms with van der Waals surface area (Å²) in [6, 6.07) is 10.0. The molecule has 0 atom stereocenters. The fourth-order valence-corrected chi connectivity index (χ4v) is 2.99. The summed E-state index contributed by atoms with van der Waals surface area (Å²) in [5.41, 5.74) is 1.00. The molecular formula is C18H23N5O. The van der Waals surface area contributed by atoms with E-state index in [1.807, 2.05) is 48.5 Å². The summed E-state index contributed by atoms with van der Waals surface area (Å²) in [7, 11) is 1.87. The van der Waals surface area contributed by atoms with Gasteiger partial charge in [-0.25, -0.2) is 9.78 Å². The van der Waals surface area contributed by atoms with Crippen molar-refractivity contribution in [3.8, 4) is 0 Å². The van der Waals surface area contributed by atoms with Crippen molar-refractivity contribution >= 4 is 11.8 Å². The maximum absolute atomic E-state index is 12.3. The first-order valence-electron chi connectivity index (χ1n) is 8.29. The quantitative estimate of drug-likeness (QED) is 0.937. The number of carbonyl (C=O) groups is 1. The average molecular weight is 325 g/mol. The van der Waals surface area contributed by atoms with Crippen LogP contribution in [0.4, 0.5) is 10.6 Å². The SMILES string of the molecule is CN(C(=O)NCc1cccnc1)C1CCN(c2ccccn2)CC1. The number of amides is 2. The molecular weight excluding hydrogens is 302 g/mol. The lowest BCUT2D eigenvalue weighted by molar-refractivity contribution is 0.179. The van der Waals surface area contributed by atoms with Crippen molar-refractivity contribution < 1.29 is 4.79 Å². The first-order valence-corrected chi connectivity index (χ1v) is 8.29. The number of aromatic nitrogens is 2. The zero-order chi connectivity index (χ0) is 16.8. The number of hydrogen-bond donors (Lipinski definition) is 1. The van der Waals surface area contributed by atoms with Gasteiger partial charge in [0.15, 0.2) is 0 Å². The van der Waals surface area contributed by atoms with Gasteiger partial charge >= 0.3 is 6.03 Å². The highest BCUT2D eigenvalue weighted by Crippen LogP contribution is 2.20. The third-order valence-corrected chi connectivity index (χ3v) is 4.47. The van der Waals surface area contributed by atoms with E-state index in [1.54, 1.807) is 12.4 Å². The van der Waals surface area contributed by atoms with Gasteiger partial charge in [-0.3, -0.25) is 4.98 Å². The minimum Gasteiger partial charge on any atom is -0.356 e. The summed E-state index contributed by atoms with van der Waals surface area (Å²) in [4.78, 5) is 24.9. The predicted molar refractivity (Wildman–Crippen MR) is 93.7 cm³/mol. The Hall–Kier alpha value is -2.63. The molecule has 0 saturated carbocycles. The lowest BCUT2D eigenvalue weighted by Crippen LogP contribution is -2.48. The van der Waals surface area contributed by atoms with Crippen LogP contribution >= 0.6 is 0 Å². The van der Waals surface area contributed by atoms with Crippen molar-refractivity contribution in [2.75, 3.05) is 25.0 Å². The highest BCUT2D eigenvalue weighted by molar-refractivity contribution is 5.74. The summed E-state index contributed by atoms with van der Waals surface area (Å²) in [5.74, 6) is 1.01. The van der Waals surface area contributed by atoms with E-state index in [2.05, 4.69) is 20.2 Å². The monoisotopic (exact) mass is 325 g/mol. The molecule has 6 heteroatoms. The molecule has 3 rings (SSSR count). The third kappa shape index (κ3) is 4.01. The molecule has 0 spiro atoms. The number of nitrogens with zero attached hydrogens (tertiary/aromatic N) is 4. The molecule has 0 aliphatic carbocycles. The van der Waals surface area contributed by atoms with Crippen LogP contribution in [0.15, 0.2) is 48.9 Å². The van der Waals surface area contributed by atoms with Crippen molar-refractivity contribution in [2.24, 2.45) is 0 Å². The number of piperidine rings is 1. The molecule has 0 radical (unpaired) electrons. The van der Waals surface area contributed by atoms with E-state index in [0.717, 1.165) is 37.3 Å². The number of rotatable bonds is 4. The van der Waals surface area contributed by atoms with E-state index in [4.69, 9.17) is 0 Å². The van der Waals surface area contributed by atoms with Crippen molar-refractivity contribution in [1.29, 1.82) is 0 Å². The van der Waals surface area contributed by atoms with Crippen molar-refractivity contribution in [3.63, 3.8) is 0 Å². The number of hydrogen-bond acceptors (Lipinski definition) is 4. The van der Waals surface area contributed by atoms with Gasteiger partial charge in [-0.15, -0.1) is 0 Å². The van der Waals surface area contributed by atoms with E-state index in [0.29, 0.717) is 6.54 Å². The molecule has 6 nitrogen and oxygen atoms in total. The Morgan fingerprint density at radius 2 is 2.08 bits per heavy atom. The van der Waals surface area contributed by atoms with Crippen LogP contribution in [0.2, 0.25) is 0 Å². The Bertz CT molecular complexity index is 641. The molecule has 0 bridgehead atoms. The van der Waals surface area contributed by atoms with E-state index < -0.39 is 0 Å². The molecule has 2 aromatic rings. The summed E-state index contributed by atoms with van der Waals surface area (Å²) in [6.45, 7) is 2.34. The van der Waals surface area contributed by atoms with Crippen molar-refractivity contribution in [3.05, 3.63) is 54.5 Å². The van der Waals surface area contributed by atoms with Gasteiger partial charge in [-0.1, -0.05) is 12.1 Å². The van der Waals surface area contributed by atoms with E-state index in [9.17, 15) is 4.79 Å². The second-order valence-electron chi connectivity index (χ2n) is 6.04. The molecule has 126 valence electrons. The fraction of sp³-hybridized carbons (Fsp3) is 0.389. The Labute approximate surface area is 142 Å². The van der Waals surface area contributed by atoms with Crippen LogP contribution in [0.25, 0.3) is 0 Å². The summed E-state index contributed by atoms with van der Waals surface area (Å²) in [6.07, 6.45) is 7.22. The van der Waals surface area contributed by atoms with Crippen LogP contribution in [0.5, 0.6) is 0 Å². The number of nitrogens with one attached hydrogen (secondary N) is 1. The average Bonchev–Trinajstić information content (AvgIpc) is 2.67. The Kier molecular flexibility index (Phi) is 5.25. The highest BCUT2D eigenvalue weighted by atomic mass is 16.2. The molecule has 1 saturated heterocycles. The van der Waals surface area contributed by atoms with Crippen LogP contribution in [-0.2, 0) is 6.54 Å². The first kappa shape index (κ1) is 16.2. The van der Waals surface area contributed by atoms with E-state index >= 15 is 0 Å². The van der Waals surface area contributed by atoms with Gasteiger partial charge in [0.2, 0.25) is 0 Å². The summed E-state index contributed by atoms with van der Waals surface area (Å²) in [5, 5.41) is 2.96. The van der Waals surface area contributed by atoms with Crippen LogP contribution in [0.1, 0.15) is 18.4 Å². The fourth-order valence-electron chi connectivity index (χ4n) is 2.99. The summed E-state index contributed by atoms with van der Waals surface area (Å²) < 4.78 is 0. The van der Waals surface area contributed by atoms with E-state index in [-0.39, 0.29) is 12.1 Å². The summed E-state index contributed by atoms with van der Waals surface area (Å²) >= 11 is 0. The third-order valence-electron chi connectivity index (χ3n) is 4.47. The van der Waals surface area contributed by atoms with E-state index in [1.165, 1.54) is 0 Å². The Morgan fingerprint density at radius 1 is 1.25 bits per heavy atom. The molecule has 1 fully saturated rings. The second-order valence-corrected chi connectivity index (χ2v) is 6.04. The largest absolute Gasteiger partial charge is 0.356 e. The topological polar surface area (TPSA) is 61.4 Å². The van der Waals surface area contributed by atoms with Crippen molar-refractivity contribution in [2.45, 2.75) is 25.4 Å². The van der Waals surface area contributed by atoms with Gasteiger partial charge in [0.05, 0.1) is 0 Å². The molecule has 0 aromatic carbocycles. The van der Waals surface area contributed by atoms with Gasteiger partial charge in [-0.05, 0) is 36.6 Å². The Morgan fingerprint density at radius 3 is 2.75 bits per heavy atom. The molecule has 2 aromatic heterocycles. The van der Waals surface area contributed by atoms with Gasteiger partial charge in [0.1, 0.15) is 5.82 Å². The number of anilines is 1. The van der Waals surface area contributed by atoms with Gasteiger partial charge in [-0.2, -0.15) is 0 Å². The standard InChI is InChI=1S/C18H23N5O/c1-22(18(24)21-14-15-5-4-9-19-13-15)16-7-11-23(12-8-16)17-6-2-3-10-20-17/h2-6,9-10,13,16H,7-8,11-12,14H2,1H3,(H,21,24). The lowest BCUT2D eigenvalue weighted by Gasteiger charge is -2.37. The molecule has 3 heterocycles. The minimum absolute atomic E-state index is 0.0323. The van der Waals surface area contributed by atoms with Crippen LogP contribution in [-0.4, -0.2) is 47.1 Å². The van der Waals surface area contributed by atoms with Crippen LogP contribution < -0.4 is 10.2 Å². The molecule has 2 amide bonds. The van der Waals surface area contributed by atoms with Gasteiger partial charge in [0.25, 0.3) is 0 Å². The number of carbonyl (C=O) groups excluding carboxylic acids is 1. The van der Waals surface area contributed by atoms with Crippen molar-refractivity contribution in [1.82, 2.24) is 20.2 Å². The maximum Gasteiger partial charge on any atom is 0.317 e. The number of urea groups is 1. The predicted octanol–water partition coefficient (Wildman–Crippen LogP) is 2.29. The lowest BCUT2D eigenvalue weighted by atomic mass is 10.0. The maximum atomic E-state index is 12.3. The van der Waals surface area contributed by atoms with Crippen LogP contribution in [0, 0.1) is 0 Å². The minimum atomic E-state index is -0.0323. The molecule has 1 N–H and O–H groups in total. The van der Waals surface area contributed by atoms with Gasteiger partial charge < -0.3 is 15.1 Å². The highest BCUT2D eigenvalue weighted by Gasteiger charge is 2.25.